The topological polar surface area (TPSA) is 63.4 Å². The Morgan fingerprint density at radius 2 is 1.92 bits per heavy atom. The Morgan fingerprint density at radius 3 is 2.64 bits per heavy atom. The van der Waals surface area contributed by atoms with E-state index >= 15 is 0 Å². The first-order valence-electron chi connectivity index (χ1n) is 8.13. The predicted molar refractivity (Wildman–Crippen MR) is 93.6 cm³/mol. The van der Waals surface area contributed by atoms with Gasteiger partial charge in [0.1, 0.15) is 6.54 Å². The van der Waals surface area contributed by atoms with Crippen molar-refractivity contribution in [3.8, 4) is 0 Å². The summed E-state index contributed by atoms with van der Waals surface area (Å²) in [5.41, 5.74) is 2.70. The predicted octanol–water partition coefficient (Wildman–Crippen LogP) is 2.66. The first-order valence-corrected chi connectivity index (χ1v) is 8.13. The zero-order valence-corrected chi connectivity index (χ0v) is 13.6. The second-order valence-corrected chi connectivity index (χ2v) is 5.87. The van der Waals surface area contributed by atoms with Crippen molar-refractivity contribution in [3.63, 3.8) is 0 Å². The molecule has 1 unspecified atom stereocenters. The van der Waals surface area contributed by atoms with Crippen LogP contribution in [0.15, 0.2) is 78.6 Å². The van der Waals surface area contributed by atoms with Gasteiger partial charge in [-0.15, -0.1) is 0 Å². The minimum absolute atomic E-state index is 0.0715. The average molecular weight is 331 g/mol. The van der Waals surface area contributed by atoms with E-state index in [1.807, 2.05) is 48.5 Å². The number of hydrogen-bond acceptors (Lipinski definition) is 4. The van der Waals surface area contributed by atoms with E-state index in [1.54, 1.807) is 34.5 Å². The molecule has 124 valence electrons. The fraction of sp³-hybridized carbons (Fsp3) is 0.158. The van der Waals surface area contributed by atoms with Crippen molar-refractivity contribution in [1.82, 2.24) is 19.5 Å². The van der Waals surface area contributed by atoms with Crippen LogP contribution in [0.3, 0.4) is 0 Å². The molecule has 1 amide bonds. The highest BCUT2D eigenvalue weighted by Crippen LogP contribution is 2.32. The summed E-state index contributed by atoms with van der Waals surface area (Å²) in [6.07, 6.45) is 7.46. The van der Waals surface area contributed by atoms with Gasteiger partial charge in [-0.25, -0.2) is 9.99 Å². The van der Waals surface area contributed by atoms with Gasteiger partial charge in [0.25, 0.3) is 5.91 Å². The molecule has 0 N–H and O–H groups in total. The molecular formula is C19H17N5O. The molecular weight excluding hydrogens is 314 g/mol. The molecule has 3 aromatic rings. The zero-order valence-electron chi connectivity index (χ0n) is 13.6. The monoisotopic (exact) mass is 331 g/mol. The van der Waals surface area contributed by atoms with Gasteiger partial charge in [-0.2, -0.15) is 5.10 Å². The fourth-order valence-electron chi connectivity index (χ4n) is 2.97. The van der Waals surface area contributed by atoms with Gasteiger partial charge in [0.15, 0.2) is 0 Å². The maximum absolute atomic E-state index is 12.8. The van der Waals surface area contributed by atoms with E-state index in [1.165, 1.54) is 0 Å². The molecule has 4 rings (SSSR count). The molecule has 0 saturated heterocycles. The summed E-state index contributed by atoms with van der Waals surface area (Å²) in [4.78, 5) is 21.2. The minimum Gasteiger partial charge on any atom is -0.328 e. The van der Waals surface area contributed by atoms with Crippen molar-refractivity contribution in [3.05, 3.63) is 84.7 Å². The van der Waals surface area contributed by atoms with Gasteiger partial charge < -0.3 is 4.57 Å². The molecule has 1 aliphatic heterocycles. The largest absolute Gasteiger partial charge is 0.328 e. The van der Waals surface area contributed by atoms with Crippen LogP contribution in [-0.2, 0) is 11.3 Å². The number of hydrogen-bond donors (Lipinski definition) is 0. The standard InChI is InChI=1S/C19H17N5O/c25-19(13-23-11-10-20-14-23)24-18(15-6-2-1-3-7-15)12-17(22-24)16-8-4-5-9-21-16/h1-11,14,18H,12-13H2. The smallest absolute Gasteiger partial charge is 0.263 e. The van der Waals surface area contributed by atoms with Crippen LogP contribution in [0.25, 0.3) is 0 Å². The number of carbonyl (C=O) groups excluding carboxylic acids is 1. The van der Waals surface area contributed by atoms with Crippen molar-refractivity contribution in [2.75, 3.05) is 0 Å². The third-order valence-electron chi connectivity index (χ3n) is 4.19. The molecule has 6 nitrogen and oxygen atoms in total. The number of pyridine rings is 1. The van der Waals surface area contributed by atoms with Gasteiger partial charge in [-0.1, -0.05) is 36.4 Å². The van der Waals surface area contributed by atoms with Gasteiger partial charge in [-0.3, -0.25) is 9.78 Å². The summed E-state index contributed by atoms with van der Waals surface area (Å²) >= 11 is 0. The highest BCUT2D eigenvalue weighted by Gasteiger charge is 2.33. The summed E-state index contributed by atoms with van der Waals surface area (Å²) in [6.45, 7) is 0.211. The molecule has 1 atom stereocenters. The molecule has 1 aliphatic rings. The Bertz CT molecular complexity index is 875. The number of imidazole rings is 1. The molecule has 25 heavy (non-hydrogen) atoms. The molecule has 0 saturated carbocycles. The molecule has 0 fully saturated rings. The van der Waals surface area contributed by atoms with E-state index < -0.39 is 0 Å². The Hall–Kier alpha value is -3.28. The average Bonchev–Trinajstić information content (AvgIpc) is 3.33. The van der Waals surface area contributed by atoms with Crippen molar-refractivity contribution in [1.29, 1.82) is 0 Å². The zero-order chi connectivity index (χ0) is 17.1. The lowest BCUT2D eigenvalue weighted by Crippen LogP contribution is -2.30. The van der Waals surface area contributed by atoms with Crippen molar-refractivity contribution in [2.24, 2.45) is 5.10 Å². The summed E-state index contributed by atoms with van der Waals surface area (Å²) in [5, 5.41) is 6.18. The van der Waals surface area contributed by atoms with Crippen LogP contribution >= 0.6 is 0 Å². The Morgan fingerprint density at radius 1 is 1.08 bits per heavy atom. The Kier molecular flexibility index (Phi) is 4.08. The van der Waals surface area contributed by atoms with E-state index in [4.69, 9.17) is 0 Å². The first kappa shape index (κ1) is 15.3. The number of rotatable bonds is 4. The third kappa shape index (κ3) is 3.19. The van der Waals surface area contributed by atoms with Crippen molar-refractivity contribution in [2.45, 2.75) is 19.0 Å². The van der Waals surface area contributed by atoms with Gasteiger partial charge in [0.05, 0.1) is 23.8 Å². The van der Waals surface area contributed by atoms with E-state index in [0.717, 1.165) is 17.0 Å². The Balaban J connectivity index is 1.65. The van der Waals surface area contributed by atoms with E-state index in [2.05, 4.69) is 15.1 Å². The first-order chi connectivity index (χ1) is 12.3. The Labute approximate surface area is 145 Å². The van der Waals surface area contributed by atoms with Crippen molar-refractivity contribution >= 4 is 11.6 Å². The second kappa shape index (κ2) is 6.68. The lowest BCUT2D eigenvalue weighted by Gasteiger charge is -2.22. The van der Waals surface area contributed by atoms with E-state index in [-0.39, 0.29) is 18.5 Å². The van der Waals surface area contributed by atoms with E-state index in [9.17, 15) is 4.79 Å². The van der Waals surface area contributed by atoms with Gasteiger partial charge >= 0.3 is 0 Å². The second-order valence-electron chi connectivity index (χ2n) is 5.87. The molecule has 3 heterocycles. The van der Waals surface area contributed by atoms with Crippen LogP contribution in [-0.4, -0.2) is 31.2 Å². The van der Waals surface area contributed by atoms with Crippen LogP contribution in [0.1, 0.15) is 23.7 Å². The van der Waals surface area contributed by atoms with Gasteiger partial charge in [0, 0.05) is 25.0 Å². The minimum atomic E-state index is -0.116. The molecule has 0 bridgehead atoms. The molecule has 1 aromatic carbocycles. The van der Waals surface area contributed by atoms with Crippen LogP contribution < -0.4 is 0 Å². The fourth-order valence-corrected chi connectivity index (χ4v) is 2.97. The maximum atomic E-state index is 12.8. The summed E-state index contributed by atoms with van der Waals surface area (Å²) in [5.74, 6) is -0.0715. The number of benzene rings is 1. The molecule has 0 aliphatic carbocycles. The maximum Gasteiger partial charge on any atom is 0.263 e. The third-order valence-corrected chi connectivity index (χ3v) is 4.19. The SMILES string of the molecule is O=C(Cn1ccnc1)N1N=C(c2ccccn2)CC1c1ccccc1. The molecule has 6 heteroatoms. The normalized spacial score (nSPS) is 16.7. The molecule has 0 spiro atoms. The van der Waals surface area contributed by atoms with Crippen LogP contribution in [0, 0.1) is 0 Å². The highest BCUT2D eigenvalue weighted by atomic mass is 16.2. The summed E-state index contributed by atoms with van der Waals surface area (Å²) in [6, 6.07) is 15.6. The quantitative estimate of drug-likeness (QED) is 0.738. The number of carbonyl (C=O) groups is 1. The number of nitrogens with zero attached hydrogens (tertiary/aromatic N) is 5. The van der Waals surface area contributed by atoms with Gasteiger partial charge in [-0.05, 0) is 17.7 Å². The lowest BCUT2D eigenvalue weighted by molar-refractivity contribution is -0.133. The van der Waals surface area contributed by atoms with E-state index in [0.29, 0.717) is 6.42 Å². The van der Waals surface area contributed by atoms with Crippen LogP contribution in [0.5, 0.6) is 0 Å². The lowest BCUT2D eigenvalue weighted by atomic mass is 10.0. The summed E-state index contributed by atoms with van der Waals surface area (Å²) in [7, 11) is 0. The number of amides is 1. The van der Waals surface area contributed by atoms with Crippen molar-refractivity contribution < 1.29 is 4.79 Å². The highest BCUT2D eigenvalue weighted by molar-refractivity contribution is 6.01. The molecule has 0 radical (unpaired) electrons. The summed E-state index contributed by atoms with van der Waals surface area (Å²) < 4.78 is 1.75. The van der Waals surface area contributed by atoms with Gasteiger partial charge in [0.2, 0.25) is 0 Å². The van der Waals surface area contributed by atoms with Crippen LogP contribution in [0.4, 0.5) is 0 Å². The number of aromatic nitrogens is 3. The number of hydrazone groups is 1. The molecule has 2 aromatic heterocycles. The van der Waals surface area contributed by atoms with Crippen LogP contribution in [0.2, 0.25) is 0 Å².